The minimum Gasteiger partial charge on any atom is -0.329 e. The molecule has 16 heavy (non-hydrogen) atoms. The van der Waals surface area contributed by atoms with Crippen LogP contribution in [0, 0.1) is 6.92 Å². The molecule has 0 aliphatic heterocycles. The van der Waals surface area contributed by atoms with Crippen LogP contribution in [0.5, 0.6) is 0 Å². The third kappa shape index (κ3) is 3.04. The van der Waals surface area contributed by atoms with Gasteiger partial charge in [0, 0.05) is 21.3 Å². The molecule has 2 rings (SSSR count). The van der Waals surface area contributed by atoms with Crippen LogP contribution in [0.1, 0.15) is 16.0 Å². The highest BCUT2D eigenvalue weighted by Crippen LogP contribution is 2.38. The SMILES string of the molecule is Cc1nsc(SC(CN)c2cc(Br)cs2)n1. The van der Waals surface area contributed by atoms with Gasteiger partial charge in [0.2, 0.25) is 0 Å². The van der Waals surface area contributed by atoms with Crippen molar-refractivity contribution in [2.45, 2.75) is 16.5 Å². The van der Waals surface area contributed by atoms with Gasteiger partial charge in [0.05, 0.1) is 5.25 Å². The van der Waals surface area contributed by atoms with E-state index < -0.39 is 0 Å². The molecule has 86 valence electrons. The maximum Gasteiger partial charge on any atom is 0.170 e. The first kappa shape index (κ1) is 12.5. The summed E-state index contributed by atoms with van der Waals surface area (Å²) in [6.07, 6.45) is 0. The molecule has 0 spiro atoms. The quantitative estimate of drug-likeness (QED) is 0.869. The maximum absolute atomic E-state index is 5.80. The number of rotatable bonds is 4. The monoisotopic (exact) mass is 335 g/mol. The van der Waals surface area contributed by atoms with E-state index in [9.17, 15) is 0 Å². The van der Waals surface area contributed by atoms with Gasteiger partial charge in [0.15, 0.2) is 4.34 Å². The van der Waals surface area contributed by atoms with Gasteiger partial charge in [-0.2, -0.15) is 4.37 Å². The molecule has 2 heterocycles. The molecule has 2 aromatic rings. The Morgan fingerprint density at radius 3 is 2.94 bits per heavy atom. The van der Waals surface area contributed by atoms with Gasteiger partial charge in [-0.15, -0.1) is 11.3 Å². The number of nitrogens with zero attached hydrogens (tertiary/aromatic N) is 2. The number of thiophene rings is 1. The molecule has 7 heteroatoms. The second-order valence-electron chi connectivity index (χ2n) is 3.12. The van der Waals surface area contributed by atoms with E-state index in [-0.39, 0.29) is 5.25 Å². The van der Waals surface area contributed by atoms with Crippen molar-refractivity contribution in [1.82, 2.24) is 9.36 Å². The van der Waals surface area contributed by atoms with E-state index in [0.29, 0.717) is 6.54 Å². The van der Waals surface area contributed by atoms with E-state index in [2.05, 4.69) is 36.7 Å². The molecule has 0 radical (unpaired) electrons. The summed E-state index contributed by atoms with van der Waals surface area (Å²) in [4.78, 5) is 5.61. The van der Waals surface area contributed by atoms with Crippen molar-refractivity contribution < 1.29 is 0 Å². The van der Waals surface area contributed by atoms with Crippen molar-refractivity contribution in [1.29, 1.82) is 0 Å². The number of thioether (sulfide) groups is 1. The lowest BCUT2D eigenvalue weighted by Gasteiger charge is -2.09. The van der Waals surface area contributed by atoms with Gasteiger partial charge < -0.3 is 5.73 Å². The molecule has 2 N–H and O–H groups in total. The van der Waals surface area contributed by atoms with Crippen molar-refractivity contribution in [3.63, 3.8) is 0 Å². The fraction of sp³-hybridized carbons (Fsp3) is 0.333. The number of hydrogen-bond donors (Lipinski definition) is 1. The molecular weight excluding hydrogens is 326 g/mol. The summed E-state index contributed by atoms with van der Waals surface area (Å²) in [6.45, 7) is 2.51. The Morgan fingerprint density at radius 1 is 1.62 bits per heavy atom. The molecule has 0 aliphatic rings. The van der Waals surface area contributed by atoms with Crippen LogP contribution >= 0.6 is 50.6 Å². The van der Waals surface area contributed by atoms with Crippen LogP contribution in [0.25, 0.3) is 0 Å². The first-order valence-electron chi connectivity index (χ1n) is 4.60. The van der Waals surface area contributed by atoms with Crippen molar-refractivity contribution in [2.75, 3.05) is 6.54 Å². The summed E-state index contributed by atoms with van der Waals surface area (Å²) in [5, 5.41) is 2.34. The highest BCUT2D eigenvalue weighted by Gasteiger charge is 2.15. The molecule has 2 aromatic heterocycles. The van der Waals surface area contributed by atoms with Crippen molar-refractivity contribution in [3.8, 4) is 0 Å². The number of halogens is 1. The molecule has 1 atom stereocenters. The van der Waals surface area contributed by atoms with Crippen LogP contribution in [0.4, 0.5) is 0 Å². The van der Waals surface area contributed by atoms with Gasteiger partial charge in [0.1, 0.15) is 5.82 Å². The minimum absolute atomic E-state index is 0.267. The predicted octanol–water partition coefficient (Wildman–Crippen LogP) is 3.46. The fourth-order valence-corrected chi connectivity index (χ4v) is 4.68. The Bertz CT molecular complexity index is 468. The molecule has 0 saturated heterocycles. The van der Waals surface area contributed by atoms with Crippen LogP contribution in [-0.4, -0.2) is 15.9 Å². The zero-order valence-corrected chi connectivity index (χ0v) is 12.5. The second kappa shape index (κ2) is 5.59. The average Bonchev–Trinajstić information content (AvgIpc) is 2.84. The molecule has 0 aliphatic carbocycles. The minimum atomic E-state index is 0.267. The highest BCUT2D eigenvalue weighted by atomic mass is 79.9. The van der Waals surface area contributed by atoms with Crippen molar-refractivity contribution in [3.05, 3.63) is 26.6 Å². The summed E-state index contributed by atoms with van der Waals surface area (Å²) in [5.41, 5.74) is 5.80. The number of aryl methyl sites for hydroxylation is 1. The lowest BCUT2D eigenvalue weighted by molar-refractivity contribution is 0.956. The highest BCUT2D eigenvalue weighted by molar-refractivity contribution is 9.10. The van der Waals surface area contributed by atoms with Crippen molar-refractivity contribution >= 4 is 50.6 Å². The third-order valence-corrected chi connectivity index (χ3v) is 5.97. The normalized spacial score (nSPS) is 12.9. The molecule has 0 amide bonds. The van der Waals surface area contributed by atoms with Crippen LogP contribution in [0.2, 0.25) is 0 Å². The summed E-state index contributed by atoms with van der Waals surface area (Å²) in [6, 6.07) is 2.11. The van der Waals surface area contributed by atoms with Gasteiger partial charge in [-0.3, -0.25) is 0 Å². The number of nitrogens with two attached hydrogens (primary N) is 1. The summed E-state index contributed by atoms with van der Waals surface area (Å²) < 4.78 is 6.26. The van der Waals surface area contributed by atoms with Gasteiger partial charge in [-0.05, 0) is 40.5 Å². The van der Waals surface area contributed by atoms with Crippen LogP contribution < -0.4 is 5.73 Å². The largest absolute Gasteiger partial charge is 0.329 e. The van der Waals surface area contributed by atoms with Crippen molar-refractivity contribution in [2.24, 2.45) is 5.73 Å². The predicted molar refractivity (Wildman–Crippen MR) is 74.3 cm³/mol. The van der Waals surface area contributed by atoms with E-state index in [0.717, 1.165) is 14.6 Å². The van der Waals surface area contributed by atoms with E-state index in [4.69, 9.17) is 5.73 Å². The average molecular weight is 336 g/mol. The topological polar surface area (TPSA) is 51.8 Å². The second-order valence-corrected chi connectivity index (χ2v) is 7.18. The Kier molecular flexibility index (Phi) is 4.37. The van der Waals surface area contributed by atoms with E-state index in [1.54, 1.807) is 23.1 Å². The zero-order chi connectivity index (χ0) is 11.5. The Balaban J connectivity index is 2.12. The number of hydrogen-bond acceptors (Lipinski definition) is 6. The Morgan fingerprint density at radius 2 is 2.44 bits per heavy atom. The number of aromatic nitrogens is 2. The Labute approximate surface area is 115 Å². The third-order valence-electron chi connectivity index (χ3n) is 1.87. The van der Waals surface area contributed by atoms with Gasteiger partial charge >= 0.3 is 0 Å². The van der Waals surface area contributed by atoms with Crippen LogP contribution in [0.3, 0.4) is 0 Å². The summed E-state index contributed by atoms with van der Waals surface area (Å²) in [7, 11) is 0. The molecule has 0 fully saturated rings. The smallest absolute Gasteiger partial charge is 0.170 e. The lowest BCUT2D eigenvalue weighted by atomic mass is 10.3. The zero-order valence-electron chi connectivity index (χ0n) is 8.51. The summed E-state index contributed by atoms with van der Waals surface area (Å²) in [5.74, 6) is 0.829. The first-order chi connectivity index (χ1) is 7.69. The van der Waals surface area contributed by atoms with Crippen LogP contribution in [-0.2, 0) is 0 Å². The fourth-order valence-electron chi connectivity index (χ4n) is 1.17. The maximum atomic E-state index is 5.80. The first-order valence-corrected chi connectivity index (χ1v) is 7.92. The van der Waals surface area contributed by atoms with Gasteiger partial charge in [-0.25, -0.2) is 4.98 Å². The van der Waals surface area contributed by atoms with E-state index in [1.165, 1.54) is 16.4 Å². The Hall–Kier alpha value is 0.0500. The van der Waals surface area contributed by atoms with Crippen LogP contribution in [0.15, 0.2) is 20.3 Å². The van der Waals surface area contributed by atoms with E-state index in [1.807, 2.05) is 6.92 Å². The van der Waals surface area contributed by atoms with E-state index >= 15 is 0 Å². The molecule has 3 nitrogen and oxygen atoms in total. The molecule has 0 saturated carbocycles. The van der Waals surface area contributed by atoms with Gasteiger partial charge in [0.25, 0.3) is 0 Å². The standard InChI is InChI=1S/C9H10BrN3S3/c1-5-12-9(16-13-5)15-8(3-11)7-2-6(10)4-14-7/h2,4,8H,3,11H2,1H3. The molecule has 1 unspecified atom stereocenters. The molecule has 0 bridgehead atoms. The molecule has 0 aromatic carbocycles. The van der Waals surface area contributed by atoms with Gasteiger partial charge in [-0.1, -0.05) is 11.8 Å². The summed E-state index contributed by atoms with van der Waals surface area (Å²) >= 11 is 8.29. The molecular formula is C9H10BrN3S3. The lowest BCUT2D eigenvalue weighted by Crippen LogP contribution is -2.07.